The number of aromatic nitrogens is 2. The van der Waals surface area contributed by atoms with Crippen LogP contribution in [-0.2, 0) is 23.7 Å². The molecule has 0 aliphatic rings. The number of hydrogen-bond donors (Lipinski definition) is 2. The Morgan fingerprint density at radius 3 is 2.70 bits per heavy atom. The van der Waals surface area contributed by atoms with Crippen molar-refractivity contribution in [1.82, 2.24) is 9.55 Å². The van der Waals surface area contributed by atoms with E-state index in [4.69, 9.17) is 5.73 Å². The molecule has 0 saturated heterocycles. The Morgan fingerprint density at radius 1 is 1.40 bits per heavy atom. The maximum absolute atomic E-state index is 11.1. The van der Waals surface area contributed by atoms with Crippen molar-refractivity contribution in [2.75, 3.05) is 0 Å². The molecule has 3 N–H and O–H groups in total. The smallest absolute Gasteiger partial charge is 0.237 e. The number of nitrogens with zero attached hydrogens (tertiary/aromatic N) is 2. The fourth-order valence-corrected chi connectivity index (χ4v) is 2.74. The average molecular weight is 291 g/mol. The summed E-state index contributed by atoms with van der Waals surface area (Å²) in [5.41, 5.74) is 8.21. The van der Waals surface area contributed by atoms with Gasteiger partial charge in [-0.1, -0.05) is 41.6 Å². The van der Waals surface area contributed by atoms with E-state index in [1.165, 1.54) is 22.9 Å². The van der Waals surface area contributed by atoms with Crippen LogP contribution in [0.15, 0.2) is 35.6 Å². The number of thioether (sulfide) groups is 1. The van der Waals surface area contributed by atoms with Gasteiger partial charge in [0, 0.05) is 5.75 Å². The summed E-state index contributed by atoms with van der Waals surface area (Å²) in [5.74, 6) is 0.302. The fraction of sp³-hybridized carbons (Fsp3) is 0.286. The molecule has 2 rings (SSSR count). The Hall–Kier alpha value is -1.79. The van der Waals surface area contributed by atoms with Gasteiger partial charge in [0.05, 0.1) is 18.5 Å². The third kappa shape index (κ3) is 3.61. The van der Waals surface area contributed by atoms with Crippen molar-refractivity contribution in [1.29, 1.82) is 0 Å². The van der Waals surface area contributed by atoms with E-state index in [0.717, 1.165) is 5.75 Å². The van der Waals surface area contributed by atoms with Crippen molar-refractivity contribution >= 4 is 17.7 Å². The minimum Gasteiger partial charge on any atom is -0.390 e. The van der Waals surface area contributed by atoms with Crippen LogP contribution in [0.4, 0.5) is 0 Å². The van der Waals surface area contributed by atoms with E-state index in [1.54, 1.807) is 10.8 Å². The van der Waals surface area contributed by atoms with Crippen LogP contribution < -0.4 is 5.73 Å². The molecule has 0 saturated carbocycles. The Labute approximate surface area is 121 Å². The third-order valence-electron chi connectivity index (χ3n) is 2.87. The molecule has 2 aromatic rings. The number of carbonyl (C=O) groups excluding carboxylic acids is 1. The van der Waals surface area contributed by atoms with Crippen LogP contribution in [0, 0.1) is 6.92 Å². The van der Waals surface area contributed by atoms with Crippen LogP contribution in [0.25, 0.3) is 0 Å². The molecule has 0 bridgehead atoms. The SMILES string of the molecule is Cc1ccc(CSc2ncc(CO)n2CC(N)=O)cc1. The monoisotopic (exact) mass is 291 g/mol. The lowest BCUT2D eigenvalue weighted by Crippen LogP contribution is -2.20. The standard InChI is InChI=1S/C14H17N3O2S/c1-10-2-4-11(5-3-10)9-20-14-16-6-12(8-18)17(14)7-13(15)19/h2-6,18H,7-9H2,1H3,(H2,15,19). The average Bonchev–Trinajstić information content (AvgIpc) is 2.79. The van der Waals surface area contributed by atoms with Gasteiger partial charge in [0.15, 0.2) is 5.16 Å². The molecule has 5 nitrogen and oxygen atoms in total. The van der Waals surface area contributed by atoms with E-state index in [9.17, 15) is 9.90 Å². The summed E-state index contributed by atoms with van der Waals surface area (Å²) < 4.78 is 1.65. The molecule has 0 fully saturated rings. The van der Waals surface area contributed by atoms with Gasteiger partial charge >= 0.3 is 0 Å². The van der Waals surface area contributed by atoms with Crippen molar-refractivity contribution in [3.8, 4) is 0 Å². The van der Waals surface area contributed by atoms with Crippen molar-refractivity contribution in [3.05, 3.63) is 47.3 Å². The number of aliphatic hydroxyl groups excluding tert-OH is 1. The van der Waals surface area contributed by atoms with Crippen LogP contribution in [0.5, 0.6) is 0 Å². The van der Waals surface area contributed by atoms with Gasteiger partial charge in [-0.2, -0.15) is 0 Å². The Kier molecular flexibility index (Phi) is 4.81. The Morgan fingerprint density at radius 2 is 2.10 bits per heavy atom. The first-order valence-corrected chi connectivity index (χ1v) is 7.20. The first kappa shape index (κ1) is 14.6. The van der Waals surface area contributed by atoms with Gasteiger partial charge in [-0.25, -0.2) is 4.98 Å². The molecule has 0 spiro atoms. The number of benzene rings is 1. The van der Waals surface area contributed by atoms with Crippen LogP contribution in [0.1, 0.15) is 16.8 Å². The zero-order chi connectivity index (χ0) is 14.5. The van der Waals surface area contributed by atoms with Crippen molar-refractivity contribution < 1.29 is 9.90 Å². The van der Waals surface area contributed by atoms with Gasteiger partial charge in [0.2, 0.25) is 5.91 Å². The van der Waals surface area contributed by atoms with Crippen LogP contribution in [-0.4, -0.2) is 20.6 Å². The predicted molar refractivity (Wildman–Crippen MR) is 78.1 cm³/mol. The number of hydrogen-bond acceptors (Lipinski definition) is 4. The Bertz CT molecular complexity index is 593. The quantitative estimate of drug-likeness (QED) is 0.790. The van der Waals surface area contributed by atoms with Gasteiger partial charge in [-0.3, -0.25) is 4.79 Å². The topological polar surface area (TPSA) is 81.1 Å². The molecular formula is C14H17N3O2S. The molecule has 0 aliphatic heterocycles. The maximum atomic E-state index is 11.1. The summed E-state index contributed by atoms with van der Waals surface area (Å²) in [6.45, 7) is 1.92. The lowest BCUT2D eigenvalue weighted by atomic mass is 10.2. The van der Waals surface area contributed by atoms with Gasteiger partial charge in [-0.15, -0.1) is 0 Å². The summed E-state index contributed by atoms with van der Waals surface area (Å²) >= 11 is 1.52. The van der Waals surface area contributed by atoms with Gasteiger partial charge < -0.3 is 15.4 Å². The summed E-state index contributed by atoms with van der Waals surface area (Å²) in [6.07, 6.45) is 1.57. The molecule has 1 heterocycles. The molecule has 106 valence electrons. The second-order valence-corrected chi connectivity index (χ2v) is 5.46. The largest absolute Gasteiger partial charge is 0.390 e. The highest BCUT2D eigenvalue weighted by Gasteiger charge is 2.12. The zero-order valence-electron chi connectivity index (χ0n) is 11.2. The van der Waals surface area contributed by atoms with E-state index in [0.29, 0.717) is 10.9 Å². The normalized spacial score (nSPS) is 10.7. The molecule has 0 unspecified atom stereocenters. The minimum absolute atomic E-state index is 0.0339. The first-order chi connectivity index (χ1) is 9.60. The number of nitrogens with two attached hydrogens (primary N) is 1. The van der Waals surface area contributed by atoms with E-state index in [-0.39, 0.29) is 13.2 Å². The highest BCUT2D eigenvalue weighted by atomic mass is 32.2. The number of aliphatic hydroxyl groups is 1. The number of primary amides is 1. The van der Waals surface area contributed by atoms with E-state index in [1.807, 2.05) is 6.92 Å². The minimum atomic E-state index is -0.449. The fourth-order valence-electron chi connectivity index (χ4n) is 1.79. The number of aryl methyl sites for hydroxylation is 1. The first-order valence-electron chi connectivity index (χ1n) is 6.22. The van der Waals surface area contributed by atoms with Crippen LogP contribution in [0.2, 0.25) is 0 Å². The van der Waals surface area contributed by atoms with Gasteiger partial charge in [0.1, 0.15) is 6.54 Å². The number of imidazole rings is 1. The second-order valence-electron chi connectivity index (χ2n) is 4.52. The number of rotatable bonds is 6. The maximum Gasteiger partial charge on any atom is 0.237 e. The van der Waals surface area contributed by atoms with E-state index < -0.39 is 5.91 Å². The lowest BCUT2D eigenvalue weighted by molar-refractivity contribution is -0.118. The summed E-state index contributed by atoms with van der Waals surface area (Å²) in [4.78, 5) is 15.3. The van der Waals surface area contributed by atoms with Crippen molar-refractivity contribution in [2.24, 2.45) is 5.73 Å². The van der Waals surface area contributed by atoms with Crippen molar-refractivity contribution in [2.45, 2.75) is 31.0 Å². The molecule has 1 aromatic heterocycles. The molecule has 1 amide bonds. The van der Waals surface area contributed by atoms with E-state index in [2.05, 4.69) is 29.2 Å². The molecule has 0 radical (unpaired) electrons. The number of carbonyl (C=O) groups is 1. The third-order valence-corrected chi connectivity index (χ3v) is 3.93. The van der Waals surface area contributed by atoms with Crippen molar-refractivity contribution in [3.63, 3.8) is 0 Å². The molecule has 6 heteroatoms. The van der Waals surface area contributed by atoms with Gasteiger partial charge in [-0.05, 0) is 12.5 Å². The predicted octanol–water partition coefficient (Wildman–Crippen LogP) is 1.46. The van der Waals surface area contributed by atoms with Gasteiger partial charge in [0.25, 0.3) is 0 Å². The van der Waals surface area contributed by atoms with Crippen LogP contribution >= 0.6 is 11.8 Å². The summed E-state index contributed by atoms with van der Waals surface area (Å²) in [7, 11) is 0. The molecule has 1 aromatic carbocycles. The van der Waals surface area contributed by atoms with Crippen LogP contribution in [0.3, 0.4) is 0 Å². The zero-order valence-corrected chi connectivity index (χ0v) is 12.1. The highest BCUT2D eigenvalue weighted by molar-refractivity contribution is 7.98. The Balaban J connectivity index is 2.10. The molecule has 0 aliphatic carbocycles. The molecular weight excluding hydrogens is 274 g/mol. The summed E-state index contributed by atoms with van der Waals surface area (Å²) in [5, 5.41) is 9.93. The summed E-state index contributed by atoms with van der Waals surface area (Å²) in [6, 6.07) is 8.25. The lowest BCUT2D eigenvalue weighted by Gasteiger charge is -2.08. The molecule has 0 atom stereocenters. The van der Waals surface area contributed by atoms with E-state index >= 15 is 0 Å². The number of amides is 1. The highest BCUT2D eigenvalue weighted by Crippen LogP contribution is 2.23. The molecule has 20 heavy (non-hydrogen) atoms. The second kappa shape index (κ2) is 6.58.